The van der Waals surface area contributed by atoms with Crippen molar-refractivity contribution in [2.45, 2.75) is 25.4 Å². The molecular formula is C19H15F5N2O. The van der Waals surface area contributed by atoms with E-state index in [0.29, 0.717) is 36.7 Å². The van der Waals surface area contributed by atoms with E-state index in [9.17, 15) is 32.3 Å². The Bertz CT molecular complexity index is 918. The highest BCUT2D eigenvalue weighted by molar-refractivity contribution is 5.76. The summed E-state index contributed by atoms with van der Waals surface area (Å²) in [7, 11) is 0. The van der Waals surface area contributed by atoms with E-state index in [1.807, 2.05) is 6.07 Å². The van der Waals surface area contributed by atoms with Crippen molar-refractivity contribution in [3.63, 3.8) is 0 Å². The van der Waals surface area contributed by atoms with E-state index in [2.05, 4.69) is 0 Å². The van der Waals surface area contributed by atoms with Crippen LogP contribution in [0.15, 0.2) is 24.3 Å². The number of hydrogen-bond donors (Lipinski definition) is 1. The molecule has 0 saturated heterocycles. The molecule has 0 radical (unpaired) electrons. The molecule has 0 unspecified atom stereocenters. The first kappa shape index (κ1) is 19.1. The first-order valence-electron chi connectivity index (χ1n) is 8.27. The second kappa shape index (κ2) is 7.16. The number of alkyl halides is 3. The van der Waals surface area contributed by atoms with E-state index in [-0.39, 0.29) is 23.2 Å². The smallest absolute Gasteiger partial charge is 0.396 e. The number of fused-ring (bicyclic) bond motifs is 1. The number of halogens is 5. The van der Waals surface area contributed by atoms with Gasteiger partial charge < -0.3 is 10.0 Å². The van der Waals surface area contributed by atoms with Gasteiger partial charge in [0, 0.05) is 30.8 Å². The van der Waals surface area contributed by atoms with Crippen molar-refractivity contribution in [3.05, 3.63) is 58.2 Å². The van der Waals surface area contributed by atoms with Gasteiger partial charge in [-0.3, -0.25) is 0 Å². The molecule has 0 aromatic heterocycles. The molecule has 0 spiro atoms. The van der Waals surface area contributed by atoms with Crippen LogP contribution in [0, 0.1) is 23.0 Å². The maximum absolute atomic E-state index is 14.6. The average molecular weight is 382 g/mol. The van der Waals surface area contributed by atoms with Crippen molar-refractivity contribution < 1.29 is 27.1 Å². The molecule has 0 fully saturated rings. The minimum atomic E-state index is -4.87. The second-order valence-electron chi connectivity index (χ2n) is 6.22. The van der Waals surface area contributed by atoms with Crippen LogP contribution in [0.25, 0.3) is 0 Å². The molecule has 0 aliphatic carbocycles. The topological polar surface area (TPSA) is 47.3 Å². The summed E-state index contributed by atoms with van der Waals surface area (Å²) < 4.78 is 67.5. The Morgan fingerprint density at radius 3 is 2.56 bits per heavy atom. The number of anilines is 2. The van der Waals surface area contributed by atoms with Gasteiger partial charge in [0.25, 0.3) is 0 Å². The largest absolute Gasteiger partial charge is 0.419 e. The molecule has 27 heavy (non-hydrogen) atoms. The quantitative estimate of drug-likeness (QED) is 0.797. The maximum Gasteiger partial charge on any atom is 0.419 e. The summed E-state index contributed by atoms with van der Waals surface area (Å²) in [4.78, 5) is 1.53. The molecule has 1 heterocycles. The molecule has 0 amide bonds. The number of nitriles is 1. The Morgan fingerprint density at radius 2 is 1.93 bits per heavy atom. The molecule has 2 aromatic rings. The molecule has 0 saturated carbocycles. The molecule has 1 aliphatic rings. The van der Waals surface area contributed by atoms with Crippen LogP contribution in [-0.4, -0.2) is 18.3 Å². The Labute approximate surface area is 152 Å². The fraction of sp³-hybridized carbons (Fsp3) is 0.316. The molecule has 0 atom stereocenters. The van der Waals surface area contributed by atoms with Gasteiger partial charge in [-0.05, 0) is 42.7 Å². The predicted octanol–water partition coefficient (Wildman–Crippen LogP) is 4.47. The lowest BCUT2D eigenvalue weighted by molar-refractivity contribution is -0.140. The van der Waals surface area contributed by atoms with Crippen molar-refractivity contribution in [1.29, 1.82) is 5.26 Å². The molecule has 1 aliphatic heterocycles. The van der Waals surface area contributed by atoms with Gasteiger partial charge in [-0.1, -0.05) is 0 Å². The van der Waals surface area contributed by atoms with Gasteiger partial charge in [-0.15, -0.1) is 0 Å². The summed E-state index contributed by atoms with van der Waals surface area (Å²) in [5.74, 6) is -2.02. The van der Waals surface area contributed by atoms with Crippen molar-refractivity contribution in [3.8, 4) is 6.07 Å². The Kier molecular flexibility index (Phi) is 5.07. The molecule has 3 rings (SSSR count). The lowest BCUT2D eigenvalue weighted by atomic mass is 9.95. The van der Waals surface area contributed by atoms with Gasteiger partial charge >= 0.3 is 6.18 Å². The fourth-order valence-corrected chi connectivity index (χ4v) is 3.46. The predicted molar refractivity (Wildman–Crippen MR) is 88.6 cm³/mol. The zero-order valence-electron chi connectivity index (χ0n) is 14.1. The van der Waals surface area contributed by atoms with E-state index >= 15 is 0 Å². The zero-order chi connectivity index (χ0) is 19.8. The number of aliphatic hydroxyl groups is 1. The summed E-state index contributed by atoms with van der Waals surface area (Å²) in [6, 6.07) is 5.99. The third-order valence-electron chi connectivity index (χ3n) is 4.55. The Hall–Kier alpha value is -2.66. The third-order valence-corrected chi connectivity index (χ3v) is 4.55. The van der Waals surface area contributed by atoms with Crippen LogP contribution in [0.5, 0.6) is 0 Å². The van der Waals surface area contributed by atoms with Crippen LogP contribution >= 0.6 is 0 Å². The van der Waals surface area contributed by atoms with Gasteiger partial charge in [-0.2, -0.15) is 18.4 Å². The van der Waals surface area contributed by atoms with Crippen molar-refractivity contribution in [2.24, 2.45) is 0 Å². The van der Waals surface area contributed by atoms with E-state index in [1.54, 1.807) is 0 Å². The molecule has 142 valence electrons. The van der Waals surface area contributed by atoms with Crippen LogP contribution in [0.1, 0.15) is 28.7 Å². The number of nitrogens with zero attached hydrogens (tertiary/aromatic N) is 2. The summed E-state index contributed by atoms with van der Waals surface area (Å²) in [6.07, 6.45) is -4.13. The summed E-state index contributed by atoms with van der Waals surface area (Å²) in [5.41, 5.74) is -0.630. The highest BCUT2D eigenvalue weighted by Crippen LogP contribution is 2.41. The molecular weight excluding hydrogens is 367 g/mol. The standard InChI is InChI=1S/C19H15F5N2O/c20-13-8-11-2-1-6-26(18(11)12(9-13)10-25)16-4-3-15(19(22,23)24)17(21)14(16)5-7-27/h3-4,8-9,27H,1-2,5-7H2. The van der Waals surface area contributed by atoms with Crippen molar-refractivity contribution >= 4 is 11.4 Å². The monoisotopic (exact) mass is 382 g/mol. The minimum absolute atomic E-state index is 0.0277. The molecule has 1 N–H and O–H groups in total. The minimum Gasteiger partial charge on any atom is -0.396 e. The van der Waals surface area contributed by atoms with Crippen molar-refractivity contribution in [1.82, 2.24) is 0 Å². The van der Waals surface area contributed by atoms with E-state index in [1.165, 1.54) is 11.0 Å². The number of hydrogen-bond acceptors (Lipinski definition) is 3. The Morgan fingerprint density at radius 1 is 1.19 bits per heavy atom. The fourth-order valence-electron chi connectivity index (χ4n) is 3.46. The van der Waals surface area contributed by atoms with E-state index < -0.39 is 30.0 Å². The Balaban J connectivity index is 2.22. The molecule has 0 bridgehead atoms. The molecule has 3 nitrogen and oxygen atoms in total. The molecule has 2 aromatic carbocycles. The van der Waals surface area contributed by atoms with Crippen LogP contribution in [-0.2, 0) is 19.0 Å². The third kappa shape index (κ3) is 3.47. The normalized spacial score (nSPS) is 14.0. The first-order chi connectivity index (χ1) is 12.8. The number of aliphatic hydroxyl groups excluding tert-OH is 1. The van der Waals surface area contributed by atoms with Crippen LogP contribution < -0.4 is 4.90 Å². The van der Waals surface area contributed by atoms with Crippen molar-refractivity contribution in [2.75, 3.05) is 18.1 Å². The SMILES string of the molecule is N#Cc1cc(F)cc2c1N(c1ccc(C(F)(F)F)c(F)c1CCO)CCC2. The van der Waals surface area contributed by atoms with Crippen LogP contribution in [0.2, 0.25) is 0 Å². The maximum atomic E-state index is 14.6. The average Bonchev–Trinajstić information content (AvgIpc) is 2.61. The van der Waals surface area contributed by atoms with Gasteiger partial charge in [0.05, 0.1) is 16.8 Å². The molecule has 8 heteroatoms. The lowest BCUT2D eigenvalue weighted by Crippen LogP contribution is -2.27. The van der Waals surface area contributed by atoms with Gasteiger partial charge in [-0.25, -0.2) is 8.78 Å². The number of aryl methyl sites for hydroxylation is 1. The number of rotatable bonds is 3. The first-order valence-corrected chi connectivity index (χ1v) is 8.27. The van der Waals surface area contributed by atoms with E-state index in [0.717, 1.165) is 12.1 Å². The summed E-state index contributed by atoms with van der Waals surface area (Å²) in [6.45, 7) is -0.211. The van der Waals surface area contributed by atoms with Gasteiger partial charge in [0.15, 0.2) is 0 Å². The van der Waals surface area contributed by atoms with Gasteiger partial charge in [0.2, 0.25) is 0 Å². The highest BCUT2D eigenvalue weighted by Gasteiger charge is 2.36. The second-order valence-corrected chi connectivity index (χ2v) is 6.22. The highest BCUT2D eigenvalue weighted by atomic mass is 19.4. The van der Waals surface area contributed by atoms with Crippen LogP contribution in [0.3, 0.4) is 0 Å². The summed E-state index contributed by atoms with van der Waals surface area (Å²) >= 11 is 0. The zero-order valence-corrected chi connectivity index (χ0v) is 14.1. The van der Waals surface area contributed by atoms with Crippen LogP contribution in [0.4, 0.5) is 33.3 Å². The van der Waals surface area contributed by atoms with E-state index in [4.69, 9.17) is 0 Å². The number of benzene rings is 2. The van der Waals surface area contributed by atoms with Gasteiger partial charge in [0.1, 0.15) is 17.7 Å². The lowest BCUT2D eigenvalue weighted by Gasteiger charge is -2.34. The summed E-state index contributed by atoms with van der Waals surface area (Å²) in [5, 5.41) is 18.6.